The van der Waals surface area contributed by atoms with Crippen LogP contribution in [0.15, 0.2) is 40.6 Å². The summed E-state index contributed by atoms with van der Waals surface area (Å²) in [6.07, 6.45) is 4.10. The van der Waals surface area contributed by atoms with Gasteiger partial charge in [0.05, 0.1) is 24.1 Å². The molecule has 1 fully saturated rings. The van der Waals surface area contributed by atoms with Gasteiger partial charge in [0, 0.05) is 18.0 Å². The number of thiophene rings is 1. The van der Waals surface area contributed by atoms with Gasteiger partial charge in [-0.3, -0.25) is 4.79 Å². The zero-order valence-electron chi connectivity index (χ0n) is 15.3. The molecule has 0 bridgehead atoms. The van der Waals surface area contributed by atoms with Crippen molar-refractivity contribution in [2.24, 2.45) is 0 Å². The molecule has 1 aromatic carbocycles. The van der Waals surface area contributed by atoms with Crippen LogP contribution in [0.3, 0.4) is 0 Å². The Balaban J connectivity index is 1.82. The van der Waals surface area contributed by atoms with Crippen molar-refractivity contribution in [1.82, 2.24) is 4.31 Å². The van der Waals surface area contributed by atoms with E-state index < -0.39 is 10.0 Å². The van der Waals surface area contributed by atoms with E-state index in [0.717, 1.165) is 30.6 Å². The summed E-state index contributed by atoms with van der Waals surface area (Å²) in [7, 11) is -2.10. The first-order valence-corrected chi connectivity index (χ1v) is 11.3. The molecule has 1 aromatic heterocycles. The van der Waals surface area contributed by atoms with Gasteiger partial charge in [-0.1, -0.05) is 18.9 Å². The molecule has 1 aliphatic heterocycles. The lowest BCUT2D eigenvalue weighted by Gasteiger charge is -2.21. The van der Waals surface area contributed by atoms with Crippen LogP contribution < -0.4 is 10.1 Å². The van der Waals surface area contributed by atoms with Crippen LogP contribution in [0.25, 0.3) is 0 Å². The van der Waals surface area contributed by atoms with Gasteiger partial charge in [-0.2, -0.15) is 4.31 Å². The van der Waals surface area contributed by atoms with E-state index in [0.29, 0.717) is 24.5 Å². The monoisotopic (exact) mass is 408 g/mol. The third-order valence-corrected chi connectivity index (χ3v) is 7.33. The number of carbonyl (C=O) groups is 1. The van der Waals surface area contributed by atoms with Crippen LogP contribution in [-0.2, 0) is 21.2 Å². The molecule has 1 N–H and O–H groups in total. The van der Waals surface area contributed by atoms with E-state index in [1.54, 1.807) is 10.4 Å². The lowest BCUT2D eigenvalue weighted by Crippen LogP contribution is -2.32. The van der Waals surface area contributed by atoms with Gasteiger partial charge in [0.15, 0.2) is 0 Å². The molecule has 1 aliphatic rings. The van der Waals surface area contributed by atoms with Crippen molar-refractivity contribution in [3.63, 3.8) is 0 Å². The van der Waals surface area contributed by atoms with Crippen LogP contribution in [0.2, 0.25) is 0 Å². The van der Waals surface area contributed by atoms with Crippen molar-refractivity contribution in [1.29, 1.82) is 0 Å². The fourth-order valence-corrected chi connectivity index (χ4v) is 5.39. The number of nitrogens with zero attached hydrogens (tertiary/aromatic N) is 1. The van der Waals surface area contributed by atoms with Gasteiger partial charge in [-0.25, -0.2) is 8.42 Å². The summed E-state index contributed by atoms with van der Waals surface area (Å²) in [5.74, 6) is 0.226. The zero-order chi connectivity index (χ0) is 19.3. The number of ether oxygens (including phenoxy) is 1. The van der Waals surface area contributed by atoms with E-state index in [4.69, 9.17) is 4.74 Å². The molecule has 3 rings (SSSR count). The minimum atomic E-state index is -3.59. The first-order valence-electron chi connectivity index (χ1n) is 9.01. The predicted octanol–water partition coefficient (Wildman–Crippen LogP) is 3.50. The maximum absolute atomic E-state index is 13.0. The molecule has 8 heteroatoms. The lowest BCUT2D eigenvalue weighted by molar-refractivity contribution is -0.115. The van der Waals surface area contributed by atoms with E-state index in [-0.39, 0.29) is 17.2 Å². The number of anilines is 1. The number of rotatable bonds is 6. The molecule has 0 saturated carbocycles. The van der Waals surface area contributed by atoms with Crippen molar-refractivity contribution < 1.29 is 17.9 Å². The smallest absolute Gasteiger partial charge is 0.243 e. The van der Waals surface area contributed by atoms with Crippen molar-refractivity contribution >= 4 is 33.0 Å². The molecular weight excluding hydrogens is 384 g/mol. The predicted molar refractivity (Wildman–Crippen MR) is 107 cm³/mol. The molecule has 1 saturated heterocycles. The SMILES string of the molecule is COc1ccc(S(=O)(=O)N2CCCCCC2)cc1NC(=O)Cc1cccs1. The van der Waals surface area contributed by atoms with Gasteiger partial charge in [0.1, 0.15) is 5.75 Å². The van der Waals surface area contributed by atoms with Gasteiger partial charge in [-0.05, 0) is 42.5 Å². The molecule has 146 valence electrons. The van der Waals surface area contributed by atoms with Crippen LogP contribution in [0.4, 0.5) is 5.69 Å². The number of amides is 1. The average molecular weight is 409 g/mol. The highest BCUT2D eigenvalue weighted by atomic mass is 32.2. The van der Waals surface area contributed by atoms with Crippen molar-refractivity contribution in [3.05, 3.63) is 40.6 Å². The highest BCUT2D eigenvalue weighted by Crippen LogP contribution is 2.30. The Labute approximate surface area is 164 Å². The number of hydrogen-bond donors (Lipinski definition) is 1. The second-order valence-electron chi connectivity index (χ2n) is 6.48. The second kappa shape index (κ2) is 8.86. The van der Waals surface area contributed by atoms with Crippen LogP contribution >= 0.6 is 11.3 Å². The first-order chi connectivity index (χ1) is 13.0. The highest BCUT2D eigenvalue weighted by molar-refractivity contribution is 7.89. The Kier molecular flexibility index (Phi) is 6.51. The molecule has 0 spiro atoms. The number of sulfonamides is 1. The zero-order valence-corrected chi connectivity index (χ0v) is 16.9. The third-order valence-electron chi connectivity index (χ3n) is 4.56. The van der Waals surface area contributed by atoms with Crippen LogP contribution in [0.5, 0.6) is 5.75 Å². The standard InChI is InChI=1S/C19H24N2O4S2/c1-25-18-9-8-16(27(23,24)21-10-4-2-3-5-11-21)14-17(18)20-19(22)13-15-7-6-12-26-15/h6-9,12,14H,2-5,10-11,13H2,1H3,(H,20,22). The Morgan fingerprint density at radius 2 is 1.93 bits per heavy atom. The molecule has 2 aromatic rings. The molecule has 0 unspecified atom stereocenters. The summed E-state index contributed by atoms with van der Waals surface area (Å²) >= 11 is 1.51. The maximum atomic E-state index is 13.0. The van der Waals surface area contributed by atoms with Crippen LogP contribution in [0.1, 0.15) is 30.6 Å². The molecule has 6 nitrogen and oxygen atoms in total. The summed E-state index contributed by atoms with van der Waals surface area (Å²) < 4.78 is 32.9. The molecule has 0 aliphatic carbocycles. The van der Waals surface area contributed by atoms with E-state index in [1.807, 2.05) is 17.5 Å². The molecule has 0 atom stereocenters. The molecular formula is C19H24N2O4S2. The largest absolute Gasteiger partial charge is 0.495 e. The number of benzene rings is 1. The summed E-state index contributed by atoms with van der Waals surface area (Å²) in [5, 5.41) is 4.70. The minimum absolute atomic E-state index is 0.177. The van der Waals surface area contributed by atoms with E-state index in [9.17, 15) is 13.2 Å². The number of methoxy groups -OCH3 is 1. The Bertz CT molecular complexity index is 871. The molecule has 27 heavy (non-hydrogen) atoms. The fourth-order valence-electron chi connectivity index (χ4n) is 3.14. The number of carbonyl (C=O) groups excluding carboxylic acids is 1. The average Bonchev–Trinajstić information content (AvgIpc) is 2.99. The first kappa shape index (κ1) is 19.9. The highest BCUT2D eigenvalue weighted by Gasteiger charge is 2.26. The summed E-state index contributed by atoms with van der Waals surface area (Å²) in [6.45, 7) is 1.07. The summed E-state index contributed by atoms with van der Waals surface area (Å²) in [4.78, 5) is 13.5. The Hall–Kier alpha value is -1.90. The molecule has 1 amide bonds. The topological polar surface area (TPSA) is 75.7 Å². The Morgan fingerprint density at radius 1 is 1.19 bits per heavy atom. The Morgan fingerprint density at radius 3 is 2.56 bits per heavy atom. The van der Waals surface area contributed by atoms with Crippen molar-refractivity contribution in [3.8, 4) is 5.75 Å². The van der Waals surface area contributed by atoms with Gasteiger partial charge in [-0.15, -0.1) is 11.3 Å². The summed E-state index contributed by atoms with van der Waals surface area (Å²) in [5.41, 5.74) is 0.370. The van der Waals surface area contributed by atoms with E-state index in [2.05, 4.69) is 5.32 Å². The van der Waals surface area contributed by atoms with Crippen molar-refractivity contribution in [2.75, 3.05) is 25.5 Å². The number of hydrogen-bond acceptors (Lipinski definition) is 5. The maximum Gasteiger partial charge on any atom is 0.243 e. The molecule has 2 heterocycles. The van der Waals surface area contributed by atoms with Crippen LogP contribution in [-0.4, -0.2) is 38.8 Å². The fraction of sp³-hybridized carbons (Fsp3) is 0.421. The third kappa shape index (κ3) is 4.88. The summed E-state index contributed by atoms with van der Waals surface area (Å²) in [6, 6.07) is 8.40. The van der Waals surface area contributed by atoms with Gasteiger partial charge < -0.3 is 10.1 Å². The van der Waals surface area contributed by atoms with E-state index >= 15 is 0 Å². The van der Waals surface area contributed by atoms with Crippen molar-refractivity contribution in [2.45, 2.75) is 37.0 Å². The van der Waals surface area contributed by atoms with Crippen LogP contribution in [0, 0.1) is 0 Å². The minimum Gasteiger partial charge on any atom is -0.495 e. The quantitative estimate of drug-likeness (QED) is 0.794. The normalized spacial score (nSPS) is 15.9. The molecule has 0 radical (unpaired) electrons. The van der Waals surface area contributed by atoms with Gasteiger partial charge in [0.2, 0.25) is 15.9 Å². The van der Waals surface area contributed by atoms with E-state index in [1.165, 1.54) is 30.6 Å². The van der Waals surface area contributed by atoms with Gasteiger partial charge in [0.25, 0.3) is 0 Å². The lowest BCUT2D eigenvalue weighted by atomic mass is 10.2. The number of nitrogens with one attached hydrogen (secondary N) is 1. The second-order valence-corrected chi connectivity index (χ2v) is 9.45. The van der Waals surface area contributed by atoms with Gasteiger partial charge >= 0.3 is 0 Å².